The number of benzene rings is 1. The van der Waals surface area contributed by atoms with Crippen LogP contribution in [-0.4, -0.2) is 22.8 Å². The van der Waals surface area contributed by atoms with Gasteiger partial charge in [-0.25, -0.2) is 0 Å². The van der Waals surface area contributed by atoms with Crippen molar-refractivity contribution in [2.45, 2.75) is 6.54 Å². The maximum absolute atomic E-state index is 8.61. The minimum atomic E-state index is 0.405. The van der Waals surface area contributed by atoms with Crippen LogP contribution in [0.2, 0.25) is 0 Å². The van der Waals surface area contributed by atoms with E-state index in [0.29, 0.717) is 6.54 Å². The van der Waals surface area contributed by atoms with E-state index in [1.807, 2.05) is 41.1 Å². The first kappa shape index (κ1) is 11.1. The van der Waals surface area contributed by atoms with Crippen molar-refractivity contribution in [3.05, 3.63) is 42.2 Å². The van der Waals surface area contributed by atoms with E-state index in [1.165, 1.54) is 12.4 Å². The van der Waals surface area contributed by atoms with Crippen molar-refractivity contribution >= 4 is 23.2 Å². The molecule has 0 aliphatic heterocycles. The predicted molar refractivity (Wildman–Crippen MR) is 63.8 cm³/mol. The lowest BCUT2D eigenvalue weighted by Crippen LogP contribution is -2.38. The molecular formula is C12H12N3O2+. The van der Waals surface area contributed by atoms with Gasteiger partial charge in [0.25, 0.3) is 0 Å². The summed E-state index contributed by atoms with van der Waals surface area (Å²) in [5, 5.41) is 25.2. The van der Waals surface area contributed by atoms with Crippen LogP contribution in [0.4, 0.5) is 0 Å². The Morgan fingerprint density at radius 2 is 1.88 bits per heavy atom. The molecule has 0 radical (unpaired) electrons. The van der Waals surface area contributed by atoms with Crippen LogP contribution in [0.3, 0.4) is 0 Å². The van der Waals surface area contributed by atoms with E-state index >= 15 is 0 Å². The highest BCUT2D eigenvalue weighted by Gasteiger charge is 2.09. The largest absolute Gasteiger partial charge is 0.411 e. The number of rotatable bonds is 3. The van der Waals surface area contributed by atoms with Crippen molar-refractivity contribution in [1.82, 2.24) is 0 Å². The SMILES string of the molecule is ON=CC[n+]1cc2ccccc2cc1C=NO. The maximum Gasteiger partial charge on any atom is 0.228 e. The molecule has 0 aliphatic rings. The number of aromatic nitrogens is 1. The zero-order chi connectivity index (χ0) is 12.1. The Morgan fingerprint density at radius 1 is 1.12 bits per heavy atom. The third kappa shape index (κ3) is 2.39. The van der Waals surface area contributed by atoms with Crippen LogP contribution in [0.25, 0.3) is 10.8 Å². The highest BCUT2D eigenvalue weighted by atomic mass is 16.4. The van der Waals surface area contributed by atoms with Gasteiger partial charge in [-0.3, -0.25) is 0 Å². The van der Waals surface area contributed by atoms with Crippen molar-refractivity contribution in [3.63, 3.8) is 0 Å². The Morgan fingerprint density at radius 3 is 2.59 bits per heavy atom. The molecule has 86 valence electrons. The fraction of sp³-hybridized carbons (Fsp3) is 0.0833. The Labute approximate surface area is 97.9 Å². The van der Waals surface area contributed by atoms with Crippen molar-refractivity contribution in [1.29, 1.82) is 0 Å². The summed E-state index contributed by atoms with van der Waals surface area (Å²) in [6, 6.07) is 9.77. The Bertz CT molecular complexity index is 579. The third-order valence-electron chi connectivity index (χ3n) is 2.48. The van der Waals surface area contributed by atoms with Gasteiger partial charge in [0.2, 0.25) is 5.69 Å². The minimum absolute atomic E-state index is 0.405. The average molecular weight is 230 g/mol. The van der Waals surface area contributed by atoms with Crippen LogP contribution in [-0.2, 0) is 6.54 Å². The van der Waals surface area contributed by atoms with Gasteiger partial charge in [-0.05, 0) is 11.5 Å². The zero-order valence-electron chi connectivity index (χ0n) is 9.06. The lowest BCUT2D eigenvalue weighted by molar-refractivity contribution is -0.680. The average Bonchev–Trinajstić information content (AvgIpc) is 2.36. The van der Waals surface area contributed by atoms with Crippen molar-refractivity contribution in [2.75, 3.05) is 0 Å². The maximum atomic E-state index is 8.61. The smallest absolute Gasteiger partial charge is 0.228 e. The molecule has 0 saturated heterocycles. The minimum Gasteiger partial charge on any atom is -0.411 e. The Balaban J connectivity index is 2.57. The van der Waals surface area contributed by atoms with Crippen molar-refractivity contribution in [2.24, 2.45) is 10.3 Å². The molecule has 0 saturated carbocycles. The summed E-state index contributed by atoms with van der Waals surface area (Å²) in [4.78, 5) is 0. The molecule has 0 bridgehead atoms. The topological polar surface area (TPSA) is 69.1 Å². The summed E-state index contributed by atoms with van der Waals surface area (Å²) in [6.07, 6.45) is 4.62. The molecule has 2 aromatic rings. The van der Waals surface area contributed by atoms with Gasteiger partial charge < -0.3 is 10.4 Å². The van der Waals surface area contributed by atoms with Crippen LogP contribution in [0, 0.1) is 0 Å². The first-order chi connectivity index (χ1) is 8.35. The van der Waals surface area contributed by atoms with Crippen LogP contribution >= 0.6 is 0 Å². The molecule has 0 aliphatic carbocycles. The Kier molecular flexibility index (Phi) is 3.30. The lowest BCUT2D eigenvalue weighted by Gasteiger charge is -2.00. The Hall–Kier alpha value is -2.43. The van der Waals surface area contributed by atoms with E-state index in [-0.39, 0.29) is 0 Å². The molecule has 1 aromatic carbocycles. The third-order valence-corrected chi connectivity index (χ3v) is 2.48. The quantitative estimate of drug-likeness (QED) is 0.362. The second-order valence-electron chi connectivity index (χ2n) is 3.52. The summed E-state index contributed by atoms with van der Waals surface area (Å²) in [5.74, 6) is 0. The molecule has 0 amide bonds. The molecule has 5 nitrogen and oxygen atoms in total. The first-order valence-electron chi connectivity index (χ1n) is 5.10. The zero-order valence-corrected chi connectivity index (χ0v) is 9.06. The van der Waals surface area contributed by atoms with Gasteiger partial charge in [0, 0.05) is 11.5 Å². The number of pyridine rings is 1. The molecule has 17 heavy (non-hydrogen) atoms. The van der Waals surface area contributed by atoms with Gasteiger partial charge in [0.15, 0.2) is 12.7 Å². The van der Waals surface area contributed by atoms with E-state index in [4.69, 9.17) is 10.4 Å². The first-order valence-corrected chi connectivity index (χ1v) is 5.10. The molecule has 2 rings (SSSR count). The molecule has 0 atom stereocenters. The van der Waals surface area contributed by atoms with Crippen LogP contribution in [0.1, 0.15) is 5.69 Å². The molecule has 1 aromatic heterocycles. The monoisotopic (exact) mass is 230 g/mol. The highest BCUT2D eigenvalue weighted by Crippen LogP contribution is 2.11. The normalized spacial score (nSPS) is 11.8. The fourth-order valence-corrected chi connectivity index (χ4v) is 1.70. The number of hydrogen-bond acceptors (Lipinski definition) is 4. The summed E-state index contributed by atoms with van der Waals surface area (Å²) in [7, 11) is 0. The van der Waals surface area contributed by atoms with Crippen LogP contribution < -0.4 is 4.57 Å². The standard InChI is InChI=1S/C12H11N3O2/c16-13-5-6-15-9-11-4-2-1-3-10(11)7-12(15)8-14-17/h1-5,7-9,16H,6H2/p+1. The number of fused-ring (bicyclic) bond motifs is 1. The second kappa shape index (κ2) is 5.07. The molecule has 0 unspecified atom stereocenters. The highest BCUT2D eigenvalue weighted by molar-refractivity contribution is 5.86. The van der Waals surface area contributed by atoms with Gasteiger partial charge in [-0.15, -0.1) is 0 Å². The summed E-state index contributed by atoms with van der Waals surface area (Å²) >= 11 is 0. The fourth-order valence-electron chi connectivity index (χ4n) is 1.70. The number of nitrogens with zero attached hydrogens (tertiary/aromatic N) is 3. The second-order valence-corrected chi connectivity index (χ2v) is 3.52. The van der Waals surface area contributed by atoms with Crippen molar-refractivity contribution < 1.29 is 15.0 Å². The van der Waals surface area contributed by atoms with Crippen LogP contribution in [0.5, 0.6) is 0 Å². The molecule has 2 N–H and O–H groups in total. The predicted octanol–water partition coefficient (Wildman–Crippen LogP) is 1.40. The summed E-state index contributed by atoms with van der Waals surface area (Å²) in [6.45, 7) is 0.405. The van der Waals surface area contributed by atoms with Gasteiger partial charge in [0.05, 0.1) is 0 Å². The van der Waals surface area contributed by atoms with E-state index < -0.39 is 0 Å². The molecule has 1 heterocycles. The summed E-state index contributed by atoms with van der Waals surface area (Å²) < 4.78 is 1.82. The van der Waals surface area contributed by atoms with E-state index in [0.717, 1.165) is 16.5 Å². The number of oxime groups is 2. The molecule has 0 fully saturated rings. The molecular weight excluding hydrogens is 218 g/mol. The van der Waals surface area contributed by atoms with Crippen molar-refractivity contribution in [3.8, 4) is 0 Å². The van der Waals surface area contributed by atoms with Gasteiger partial charge in [0.1, 0.15) is 12.4 Å². The van der Waals surface area contributed by atoms with E-state index in [1.54, 1.807) is 0 Å². The van der Waals surface area contributed by atoms with E-state index in [9.17, 15) is 0 Å². The molecule has 0 spiro atoms. The molecule has 5 heteroatoms. The van der Waals surface area contributed by atoms with E-state index in [2.05, 4.69) is 10.3 Å². The number of hydrogen-bond donors (Lipinski definition) is 2. The van der Waals surface area contributed by atoms with Crippen LogP contribution in [0.15, 0.2) is 46.8 Å². The lowest BCUT2D eigenvalue weighted by atomic mass is 10.1. The van der Waals surface area contributed by atoms with Gasteiger partial charge in [-0.2, -0.15) is 4.57 Å². The van der Waals surface area contributed by atoms with Gasteiger partial charge >= 0.3 is 0 Å². The van der Waals surface area contributed by atoms with Gasteiger partial charge in [-0.1, -0.05) is 28.5 Å². The summed E-state index contributed by atoms with van der Waals surface area (Å²) in [5.41, 5.74) is 0.728.